The Labute approximate surface area is 196 Å². The number of rotatable bonds is 3. The molecule has 33 heavy (non-hydrogen) atoms. The number of aromatic nitrogens is 4. The number of allylic oxidation sites excluding steroid dienone is 2. The van der Waals surface area contributed by atoms with Crippen LogP contribution in [-0.4, -0.2) is 32.0 Å². The van der Waals surface area contributed by atoms with Gasteiger partial charge in [-0.15, -0.1) is 11.6 Å². The van der Waals surface area contributed by atoms with Crippen LogP contribution in [0.4, 0.5) is 17.2 Å². The zero-order valence-corrected chi connectivity index (χ0v) is 19.1. The fraction of sp³-hybridized carbons (Fsp3) is 0.208. The maximum absolute atomic E-state index is 8.56. The summed E-state index contributed by atoms with van der Waals surface area (Å²) in [5, 5.41) is 20.9. The molecule has 0 amide bonds. The van der Waals surface area contributed by atoms with Gasteiger partial charge in [-0.25, -0.2) is 9.98 Å². The summed E-state index contributed by atoms with van der Waals surface area (Å²) in [6.07, 6.45) is 7.12. The third kappa shape index (κ3) is 3.93. The molecule has 0 fully saturated rings. The highest BCUT2D eigenvalue weighted by Crippen LogP contribution is 2.43. The molecule has 2 aliphatic rings. The number of aliphatic imine (C=N–C) groups is 1. The predicted octanol–water partition coefficient (Wildman–Crippen LogP) is 5.10. The Kier molecular flexibility index (Phi) is 5.51. The van der Waals surface area contributed by atoms with Crippen molar-refractivity contribution in [3.05, 3.63) is 71.2 Å². The molecular weight excluding hydrogens is 436 g/mol. The summed E-state index contributed by atoms with van der Waals surface area (Å²) in [7, 11) is 1.80. The first-order valence-electron chi connectivity index (χ1n) is 10.7. The van der Waals surface area contributed by atoms with E-state index in [2.05, 4.69) is 26.6 Å². The third-order valence-electron chi connectivity index (χ3n) is 5.60. The van der Waals surface area contributed by atoms with Crippen molar-refractivity contribution >= 4 is 40.8 Å². The Bertz CT molecular complexity index is 1320. The fourth-order valence-electron chi connectivity index (χ4n) is 4.00. The van der Waals surface area contributed by atoms with Gasteiger partial charge >= 0.3 is 0 Å². The Hall–Kier alpha value is -3.78. The van der Waals surface area contributed by atoms with Crippen molar-refractivity contribution in [3.8, 4) is 11.4 Å². The van der Waals surface area contributed by atoms with E-state index in [1.165, 1.54) is 0 Å². The molecule has 0 radical (unpaired) electrons. The van der Waals surface area contributed by atoms with Crippen molar-refractivity contribution in [2.45, 2.75) is 25.6 Å². The Morgan fingerprint density at radius 1 is 1.12 bits per heavy atom. The minimum Gasteiger partial charge on any atom is -0.338 e. The molecule has 166 valence electrons. The molecule has 0 atom stereocenters. The summed E-state index contributed by atoms with van der Waals surface area (Å²) in [4.78, 5) is 12.9. The molecular formula is C24H23ClN8. The summed E-state index contributed by atoms with van der Waals surface area (Å²) < 4.78 is 0. The topological polar surface area (TPSA) is 95.1 Å². The van der Waals surface area contributed by atoms with Gasteiger partial charge in [0.1, 0.15) is 11.5 Å². The van der Waals surface area contributed by atoms with E-state index in [0.29, 0.717) is 12.3 Å². The van der Waals surface area contributed by atoms with Crippen molar-refractivity contribution in [3.63, 3.8) is 0 Å². The number of halogens is 1. The van der Waals surface area contributed by atoms with Crippen molar-refractivity contribution < 1.29 is 0 Å². The van der Waals surface area contributed by atoms with E-state index >= 15 is 0 Å². The summed E-state index contributed by atoms with van der Waals surface area (Å²) in [5.74, 6) is 2.22. The third-order valence-corrected chi connectivity index (χ3v) is 5.90. The minimum atomic E-state index is 0.238. The van der Waals surface area contributed by atoms with Crippen molar-refractivity contribution in [2.75, 3.05) is 10.2 Å². The van der Waals surface area contributed by atoms with Crippen LogP contribution in [-0.2, 0) is 12.9 Å². The van der Waals surface area contributed by atoms with Gasteiger partial charge in [-0.3, -0.25) is 10.3 Å². The number of alkyl halides is 1. The number of anilines is 3. The summed E-state index contributed by atoms with van der Waals surface area (Å²) in [6.45, 7) is 1.92. The Balaban J connectivity index is 1.67. The van der Waals surface area contributed by atoms with Crippen LogP contribution in [0.3, 0.4) is 0 Å². The smallest absolute Gasteiger partial charge is 0.163 e. The van der Waals surface area contributed by atoms with Gasteiger partial charge in [0.25, 0.3) is 0 Å². The molecule has 1 aromatic carbocycles. The molecule has 0 saturated heterocycles. The lowest BCUT2D eigenvalue weighted by atomic mass is 10.1. The molecule has 9 heteroatoms. The molecule has 0 unspecified atom stereocenters. The fourth-order valence-corrected chi connectivity index (χ4v) is 4.18. The number of benzene rings is 1. The van der Waals surface area contributed by atoms with E-state index in [4.69, 9.17) is 22.0 Å². The van der Waals surface area contributed by atoms with Gasteiger partial charge in [0, 0.05) is 30.4 Å². The molecule has 0 bridgehead atoms. The monoisotopic (exact) mass is 458 g/mol. The van der Waals surface area contributed by atoms with Gasteiger partial charge < -0.3 is 5.32 Å². The number of pyridine rings is 1. The van der Waals surface area contributed by atoms with Crippen molar-refractivity contribution in [1.29, 1.82) is 5.41 Å². The number of fused-ring (bicyclic) bond motifs is 1. The number of hydrogen-bond donors (Lipinski definition) is 2. The zero-order valence-electron chi connectivity index (χ0n) is 18.4. The summed E-state index contributed by atoms with van der Waals surface area (Å²) >= 11 is 6.02. The van der Waals surface area contributed by atoms with Crippen molar-refractivity contribution in [2.24, 2.45) is 12.0 Å². The minimum absolute atomic E-state index is 0.238. The van der Waals surface area contributed by atoms with Crippen LogP contribution in [0.2, 0.25) is 0 Å². The van der Waals surface area contributed by atoms with Crippen LogP contribution in [0, 0.1) is 12.3 Å². The van der Waals surface area contributed by atoms with Gasteiger partial charge in [-0.1, -0.05) is 18.2 Å². The number of hydrogen-bond acceptors (Lipinski definition) is 6. The largest absolute Gasteiger partial charge is 0.338 e. The van der Waals surface area contributed by atoms with Crippen LogP contribution in [0.1, 0.15) is 24.1 Å². The van der Waals surface area contributed by atoms with Gasteiger partial charge in [0.2, 0.25) is 0 Å². The van der Waals surface area contributed by atoms with Gasteiger partial charge in [0.15, 0.2) is 11.7 Å². The highest BCUT2D eigenvalue weighted by molar-refractivity contribution is 6.17. The number of nitrogens with one attached hydrogen (secondary N) is 2. The molecule has 2 aromatic heterocycles. The maximum atomic E-state index is 8.56. The molecule has 0 aliphatic carbocycles. The lowest BCUT2D eigenvalue weighted by molar-refractivity contribution is 0.650. The van der Waals surface area contributed by atoms with Crippen LogP contribution < -0.4 is 10.2 Å². The summed E-state index contributed by atoms with van der Waals surface area (Å²) in [5.41, 5.74) is 5.94. The van der Waals surface area contributed by atoms with E-state index in [1.807, 2.05) is 54.3 Å². The van der Waals surface area contributed by atoms with Crippen LogP contribution in [0.5, 0.6) is 0 Å². The molecule has 0 saturated carbocycles. The average Bonchev–Trinajstić information content (AvgIpc) is 3.35. The van der Waals surface area contributed by atoms with E-state index in [0.717, 1.165) is 57.7 Å². The molecule has 4 heterocycles. The predicted molar refractivity (Wildman–Crippen MR) is 132 cm³/mol. The standard InChI is InChI=1S/C24H23ClN8/c1-15-21(31-32(2)30-15)19-11-12-20-24(28-19)33(17-9-7-16(14-25)8-10-17)23(29-20)18-6-4-3-5-13-27-22(18)26/h3,5,7-13,26,29H,4,6,14H2,1-2H3/b5-3-,23-18+,26-22?,27-13?. The van der Waals surface area contributed by atoms with Crippen LogP contribution in [0.15, 0.2) is 64.9 Å². The van der Waals surface area contributed by atoms with E-state index in [-0.39, 0.29) is 5.84 Å². The number of nitrogens with zero attached hydrogens (tertiary/aromatic N) is 6. The molecule has 5 rings (SSSR count). The second-order valence-electron chi connectivity index (χ2n) is 7.87. The highest BCUT2D eigenvalue weighted by atomic mass is 35.5. The zero-order chi connectivity index (χ0) is 22.9. The van der Waals surface area contributed by atoms with Gasteiger partial charge in [-0.2, -0.15) is 15.0 Å². The Morgan fingerprint density at radius 3 is 2.67 bits per heavy atom. The van der Waals surface area contributed by atoms with Crippen molar-refractivity contribution in [1.82, 2.24) is 20.0 Å². The molecule has 8 nitrogen and oxygen atoms in total. The number of amidine groups is 1. The van der Waals surface area contributed by atoms with E-state index in [9.17, 15) is 0 Å². The molecule has 0 spiro atoms. The molecule has 2 aliphatic heterocycles. The van der Waals surface area contributed by atoms with Gasteiger partial charge in [-0.05, 0) is 55.7 Å². The molecule has 2 N–H and O–H groups in total. The van der Waals surface area contributed by atoms with Crippen LogP contribution in [0.25, 0.3) is 11.4 Å². The van der Waals surface area contributed by atoms with E-state index in [1.54, 1.807) is 18.1 Å². The SMILES string of the molecule is Cc1nn(C)nc1-c1ccc2c(n1)N(c1ccc(CCl)cc1)/C(=C1\CC/C=C\C=NC1=N)N2. The van der Waals surface area contributed by atoms with Crippen LogP contribution >= 0.6 is 11.6 Å². The first-order chi connectivity index (χ1) is 16.0. The lowest BCUT2D eigenvalue weighted by Gasteiger charge is -2.23. The summed E-state index contributed by atoms with van der Waals surface area (Å²) in [6, 6.07) is 12.0. The average molecular weight is 459 g/mol. The number of aryl methyl sites for hydroxylation is 2. The molecule has 3 aromatic rings. The highest BCUT2D eigenvalue weighted by Gasteiger charge is 2.31. The Morgan fingerprint density at radius 2 is 1.94 bits per heavy atom. The lowest BCUT2D eigenvalue weighted by Crippen LogP contribution is -2.20. The first-order valence-corrected chi connectivity index (χ1v) is 11.2. The van der Waals surface area contributed by atoms with E-state index < -0.39 is 0 Å². The first kappa shape index (κ1) is 21.1. The maximum Gasteiger partial charge on any atom is 0.163 e. The van der Waals surface area contributed by atoms with Gasteiger partial charge in [0.05, 0.1) is 17.1 Å². The second kappa shape index (κ2) is 8.63. The quantitative estimate of drug-likeness (QED) is 0.532. The second-order valence-corrected chi connectivity index (χ2v) is 8.14. The normalized spacial score (nSPS) is 18.6.